The summed E-state index contributed by atoms with van der Waals surface area (Å²) in [5, 5.41) is 3.34. The third-order valence-electron chi connectivity index (χ3n) is 4.84. The molecule has 0 atom stereocenters. The van der Waals surface area contributed by atoms with Gasteiger partial charge in [0, 0.05) is 26.7 Å². The molecule has 0 saturated carbocycles. The lowest BCUT2D eigenvalue weighted by Gasteiger charge is -2.21. The first-order valence-electron chi connectivity index (χ1n) is 9.70. The highest BCUT2D eigenvalue weighted by Crippen LogP contribution is 2.20. The van der Waals surface area contributed by atoms with Crippen molar-refractivity contribution >= 4 is 23.1 Å². The maximum atomic E-state index is 13.2. The van der Waals surface area contributed by atoms with Crippen LogP contribution in [0.2, 0.25) is 0 Å². The zero-order valence-electron chi connectivity index (χ0n) is 17.0. The van der Waals surface area contributed by atoms with Crippen LogP contribution in [0.1, 0.15) is 20.3 Å². The van der Waals surface area contributed by atoms with Crippen molar-refractivity contribution in [2.75, 3.05) is 37.7 Å². The van der Waals surface area contributed by atoms with Crippen LogP contribution in [0.25, 0.3) is 11.2 Å². The summed E-state index contributed by atoms with van der Waals surface area (Å²) in [5.74, 6) is 5.79. The second-order valence-electron chi connectivity index (χ2n) is 6.73. The first-order valence-corrected chi connectivity index (χ1v) is 9.70. The molecular weight excluding hydrogens is 376 g/mol. The number of fused-ring (bicyclic) bond motifs is 1. The summed E-state index contributed by atoms with van der Waals surface area (Å²) < 4.78 is 8.84. The Bertz CT molecular complexity index is 1080. The number of carbonyl (C=O) groups is 1. The minimum Gasteiger partial charge on any atom is -0.465 e. The monoisotopic (exact) mass is 402 g/mol. The number of nitrogens with zero attached hydrogens (tertiary/aromatic N) is 5. The van der Waals surface area contributed by atoms with E-state index in [-0.39, 0.29) is 24.3 Å². The summed E-state index contributed by atoms with van der Waals surface area (Å²) in [7, 11) is 1.54. The number of nitrogens with one attached hydrogen (secondary N) is 1. The van der Waals surface area contributed by atoms with E-state index in [0.29, 0.717) is 5.95 Å². The maximum Gasteiger partial charge on any atom is 0.333 e. The number of rotatable bonds is 5. The highest BCUT2D eigenvalue weighted by molar-refractivity contribution is 5.75. The minimum absolute atomic E-state index is 0.174. The molecule has 0 bridgehead atoms. The molecular formula is C19H26N6O4. The second kappa shape index (κ2) is 8.96. The fourth-order valence-corrected chi connectivity index (χ4v) is 3.43. The fourth-order valence-electron chi connectivity index (χ4n) is 3.43. The first kappa shape index (κ1) is 20.7. The Morgan fingerprint density at radius 3 is 2.76 bits per heavy atom. The van der Waals surface area contributed by atoms with Crippen LogP contribution < -0.4 is 21.5 Å². The SMILES string of the molecule is CC#CCn1c(N2CCCNCC2)nc2c1c(=O)n(CC(=O)OCC)c(=O)n2C. The topological polar surface area (TPSA) is 103 Å². The van der Waals surface area contributed by atoms with E-state index in [2.05, 4.69) is 27.0 Å². The quantitative estimate of drug-likeness (QED) is 0.520. The van der Waals surface area contributed by atoms with Gasteiger partial charge in [-0.2, -0.15) is 4.98 Å². The molecule has 1 aliphatic heterocycles. The van der Waals surface area contributed by atoms with Gasteiger partial charge in [0.05, 0.1) is 13.2 Å². The fraction of sp³-hybridized carbons (Fsp3) is 0.579. The standard InChI is InChI=1S/C19H26N6O4/c1-4-6-11-24-15-16(21-18(24)23-10-7-8-20-9-12-23)22(3)19(28)25(17(15)27)13-14(26)29-5-2/h20H,5,7-13H2,1-3H3. The van der Waals surface area contributed by atoms with E-state index in [1.165, 1.54) is 4.57 Å². The Morgan fingerprint density at radius 2 is 2.03 bits per heavy atom. The molecule has 1 saturated heterocycles. The molecule has 3 rings (SSSR count). The highest BCUT2D eigenvalue weighted by Gasteiger charge is 2.24. The van der Waals surface area contributed by atoms with Crippen molar-refractivity contribution in [1.82, 2.24) is 24.0 Å². The van der Waals surface area contributed by atoms with Crippen molar-refractivity contribution in [3.63, 3.8) is 0 Å². The molecule has 1 aliphatic rings. The van der Waals surface area contributed by atoms with E-state index in [0.717, 1.165) is 37.2 Å². The number of aryl methyl sites for hydroxylation is 1. The van der Waals surface area contributed by atoms with Crippen LogP contribution in [0.5, 0.6) is 0 Å². The van der Waals surface area contributed by atoms with Gasteiger partial charge in [0.2, 0.25) is 5.95 Å². The van der Waals surface area contributed by atoms with Crippen molar-refractivity contribution in [2.45, 2.75) is 33.4 Å². The van der Waals surface area contributed by atoms with E-state index in [1.807, 2.05) is 0 Å². The van der Waals surface area contributed by atoms with Crippen LogP contribution in [0.15, 0.2) is 9.59 Å². The number of carbonyl (C=O) groups excluding carboxylic acids is 1. The zero-order chi connectivity index (χ0) is 21.0. The second-order valence-corrected chi connectivity index (χ2v) is 6.73. The van der Waals surface area contributed by atoms with Gasteiger partial charge in [-0.25, -0.2) is 9.36 Å². The molecule has 0 radical (unpaired) electrons. The van der Waals surface area contributed by atoms with E-state index in [1.54, 1.807) is 25.5 Å². The van der Waals surface area contributed by atoms with Crippen LogP contribution in [0.4, 0.5) is 5.95 Å². The summed E-state index contributed by atoms with van der Waals surface area (Å²) in [5.41, 5.74) is -0.636. The third-order valence-corrected chi connectivity index (χ3v) is 4.84. The van der Waals surface area contributed by atoms with Crippen molar-refractivity contribution in [1.29, 1.82) is 0 Å². The number of imidazole rings is 1. The molecule has 3 heterocycles. The number of aromatic nitrogens is 4. The lowest BCUT2D eigenvalue weighted by molar-refractivity contribution is -0.143. The lowest BCUT2D eigenvalue weighted by Crippen LogP contribution is -2.41. The van der Waals surface area contributed by atoms with Crippen molar-refractivity contribution in [3.05, 3.63) is 20.8 Å². The number of hydrogen-bond acceptors (Lipinski definition) is 7. The van der Waals surface area contributed by atoms with Gasteiger partial charge in [0.15, 0.2) is 11.2 Å². The van der Waals surface area contributed by atoms with Gasteiger partial charge < -0.3 is 15.0 Å². The van der Waals surface area contributed by atoms with E-state index >= 15 is 0 Å². The van der Waals surface area contributed by atoms with Crippen molar-refractivity contribution in [2.24, 2.45) is 7.05 Å². The Hall–Kier alpha value is -3.06. The Morgan fingerprint density at radius 1 is 1.24 bits per heavy atom. The van der Waals surface area contributed by atoms with Crippen LogP contribution in [0.3, 0.4) is 0 Å². The Balaban J connectivity index is 2.23. The van der Waals surface area contributed by atoms with Gasteiger partial charge >= 0.3 is 11.7 Å². The summed E-state index contributed by atoms with van der Waals surface area (Å²) in [6.07, 6.45) is 0.939. The summed E-state index contributed by atoms with van der Waals surface area (Å²) in [6.45, 7) is 6.61. The highest BCUT2D eigenvalue weighted by atomic mass is 16.5. The average molecular weight is 402 g/mol. The minimum atomic E-state index is -0.635. The largest absolute Gasteiger partial charge is 0.465 e. The van der Waals surface area contributed by atoms with Gasteiger partial charge in [-0.05, 0) is 26.8 Å². The van der Waals surface area contributed by atoms with Gasteiger partial charge in [-0.15, -0.1) is 5.92 Å². The molecule has 2 aromatic rings. The van der Waals surface area contributed by atoms with Gasteiger partial charge in [0.25, 0.3) is 5.56 Å². The molecule has 156 valence electrons. The van der Waals surface area contributed by atoms with Crippen LogP contribution in [0, 0.1) is 11.8 Å². The van der Waals surface area contributed by atoms with Crippen LogP contribution in [-0.2, 0) is 29.7 Å². The predicted octanol–water partition coefficient (Wildman–Crippen LogP) is -0.717. The van der Waals surface area contributed by atoms with E-state index in [4.69, 9.17) is 4.74 Å². The van der Waals surface area contributed by atoms with Gasteiger partial charge in [-0.3, -0.25) is 18.7 Å². The molecule has 10 nitrogen and oxygen atoms in total. The third kappa shape index (κ3) is 4.05. The molecule has 0 aromatic carbocycles. The van der Waals surface area contributed by atoms with Crippen molar-refractivity contribution in [3.8, 4) is 11.8 Å². The van der Waals surface area contributed by atoms with Crippen LogP contribution >= 0.6 is 0 Å². The molecule has 10 heteroatoms. The average Bonchev–Trinajstić information content (AvgIpc) is 2.88. The summed E-state index contributed by atoms with van der Waals surface area (Å²) in [6, 6.07) is 0. The molecule has 0 aliphatic carbocycles. The lowest BCUT2D eigenvalue weighted by atomic mass is 10.4. The first-order chi connectivity index (χ1) is 14.0. The zero-order valence-corrected chi connectivity index (χ0v) is 17.0. The number of anilines is 1. The summed E-state index contributed by atoms with van der Waals surface area (Å²) >= 11 is 0. The Labute approximate surface area is 168 Å². The Kier molecular flexibility index (Phi) is 6.39. The van der Waals surface area contributed by atoms with E-state index < -0.39 is 23.8 Å². The number of esters is 1. The van der Waals surface area contributed by atoms with Crippen LogP contribution in [-0.4, -0.2) is 57.4 Å². The smallest absolute Gasteiger partial charge is 0.333 e. The maximum absolute atomic E-state index is 13.2. The van der Waals surface area contributed by atoms with Gasteiger partial charge in [0.1, 0.15) is 6.54 Å². The number of hydrogen-bond donors (Lipinski definition) is 1. The molecule has 2 aromatic heterocycles. The predicted molar refractivity (Wildman–Crippen MR) is 109 cm³/mol. The molecule has 1 N–H and O–H groups in total. The van der Waals surface area contributed by atoms with Gasteiger partial charge in [-0.1, -0.05) is 5.92 Å². The molecule has 0 unspecified atom stereocenters. The molecule has 0 spiro atoms. The molecule has 0 amide bonds. The molecule has 29 heavy (non-hydrogen) atoms. The molecule has 1 fully saturated rings. The van der Waals surface area contributed by atoms with Crippen molar-refractivity contribution < 1.29 is 9.53 Å². The number of ether oxygens (including phenoxy) is 1. The summed E-state index contributed by atoms with van der Waals surface area (Å²) in [4.78, 5) is 44.6. The normalized spacial score (nSPS) is 14.4. The van der Waals surface area contributed by atoms with E-state index in [9.17, 15) is 14.4 Å².